The third-order valence-corrected chi connectivity index (χ3v) is 25.4. The van der Waals surface area contributed by atoms with Crippen molar-refractivity contribution in [1.82, 2.24) is 4.57 Å². The summed E-state index contributed by atoms with van der Waals surface area (Å²) in [6.07, 6.45) is 0. The maximum atomic E-state index is 6.27. The number of benzene rings is 22. The zero-order valence-electron chi connectivity index (χ0n) is 63.8. The first-order valence-electron chi connectivity index (χ1n) is 40.3. The third-order valence-electron chi connectivity index (χ3n) is 24.2. The van der Waals surface area contributed by atoms with Gasteiger partial charge in [0.15, 0.2) is 0 Å². The van der Waals surface area contributed by atoms with Gasteiger partial charge >= 0.3 is 0 Å². The largest absolute Gasteiger partial charge is 0.456 e. The molecule has 2 nitrogen and oxygen atoms in total. The standard InChI is InChI=1S/C42H27N.C36H22O.C36H22S/c1-2-15-31(16-3-1)43-38-23-11-10-21-36(38)42-37(22-12-24-39(42)43)41-34-19-8-6-17-32(34)40(33-18-7-9-20-35(33)41)30-26-25-28-13-4-5-14-29(28)27-30;2*1-2-11-24-22-25(21-20-23(24)10-1)34-26-12-3-5-14-28(26)35(29-15-6-4-13-27(29)34)31-17-9-19-33-36(31)30-16-7-8-18-32(30)37-33/h1-27H;2*1-22H. The molecule has 22 aromatic carbocycles. The Kier molecular flexibility index (Phi) is 16.2. The molecule has 117 heavy (non-hydrogen) atoms. The zero-order valence-corrected chi connectivity index (χ0v) is 64.6. The maximum absolute atomic E-state index is 6.27. The minimum Gasteiger partial charge on any atom is -0.456 e. The normalized spacial score (nSPS) is 11.8. The van der Waals surface area contributed by atoms with E-state index in [1.165, 1.54) is 217 Å². The van der Waals surface area contributed by atoms with E-state index < -0.39 is 0 Å². The van der Waals surface area contributed by atoms with Crippen LogP contribution in [0.3, 0.4) is 0 Å². The highest BCUT2D eigenvalue weighted by molar-refractivity contribution is 7.26. The molecule has 0 fully saturated rings. The topological polar surface area (TPSA) is 18.1 Å². The molecule has 0 aliphatic carbocycles. The number of para-hydroxylation sites is 3. The van der Waals surface area contributed by atoms with Gasteiger partial charge in [0.25, 0.3) is 0 Å². The number of fused-ring (bicyclic) bond motifs is 18. The Morgan fingerprint density at radius 3 is 0.940 bits per heavy atom. The molecule has 0 unspecified atom stereocenters. The Balaban J connectivity index is 0.000000104. The first-order valence-corrected chi connectivity index (χ1v) is 41.1. The van der Waals surface area contributed by atoms with Crippen molar-refractivity contribution >= 4 is 172 Å². The van der Waals surface area contributed by atoms with Crippen LogP contribution in [-0.2, 0) is 0 Å². The van der Waals surface area contributed by atoms with Crippen LogP contribution in [0.25, 0.3) is 233 Å². The van der Waals surface area contributed by atoms with E-state index in [-0.39, 0.29) is 0 Å². The lowest BCUT2D eigenvalue weighted by Gasteiger charge is -2.19. The van der Waals surface area contributed by atoms with Crippen LogP contribution in [0.2, 0.25) is 0 Å². The van der Waals surface area contributed by atoms with Crippen molar-refractivity contribution in [2.75, 3.05) is 0 Å². The van der Waals surface area contributed by atoms with Crippen LogP contribution < -0.4 is 0 Å². The summed E-state index contributed by atoms with van der Waals surface area (Å²) in [7, 11) is 0. The molecule has 3 heterocycles. The number of rotatable bonds is 7. The second-order valence-electron chi connectivity index (χ2n) is 30.7. The van der Waals surface area contributed by atoms with Crippen LogP contribution in [0.15, 0.2) is 435 Å². The molecule has 0 spiro atoms. The predicted octanol–water partition coefficient (Wildman–Crippen LogP) is 32.8. The van der Waals surface area contributed by atoms with Gasteiger partial charge in [-0.3, -0.25) is 0 Å². The molecule has 0 radical (unpaired) electrons. The van der Waals surface area contributed by atoms with E-state index in [9.17, 15) is 0 Å². The maximum Gasteiger partial charge on any atom is 0.136 e. The molecule has 0 saturated carbocycles. The van der Waals surface area contributed by atoms with Crippen molar-refractivity contribution in [2.24, 2.45) is 0 Å². The van der Waals surface area contributed by atoms with E-state index in [1.807, 2.05) is 17.4 Å². The quantitative estimate of drug-likeness (QED) is 0.145. The third kappa shape index (κ3) is 11.1. The molecule has 0 N–H and O–H groups in total. The van der Waals surface area contributed by atoms with Crippen molar-refractivity contribution in [3.8, 4) is 72.4 Å². The Labute approximate surface area is 679 Å². The first kappa shape index (κ1) is 67.7. The van der Waals surface area contributed by atoms with E-state index in [0.29, 0.717) is 0 Å². The molecule has 25 aromatic rings. The van der Waals surface area contributed by atoms with Gasteiger partial charge in [-0.15, -0.1) is 11.3 Å². The summed E-state index contributed by atoms with van der Waals surface area (Å²) in [6, 6.07) is 157. The Bertz CT molecular complexity index is 7860. The van der Waals surface area contributed by atoms with Crippen LogP contribution in [0.1, 0.15) is 0 Å². The Morgan fingerprint density at radius 1 is 0.179 bits per heavy atom. The fraction of sp³-hybridized carbons (Fsp3) is 0. The lowest BCUT2D eigenvalue weighted by atomic mass is 9.84. The molecular weight excluding hydrogens is 1430 g/mol. The van der Waals surface area contributed by atoms with Gasteiger partial charge in [0.05, 0.1) is 11.0 Å². The second kappa shape index (κ2) is 28.0. The average molecular weight is 1500 g/mol. The molecule has 0 aliphatic rings. The Morgan fingerprint density at radius 2 is 0.487 bits per heavy atom. The van der Waals surface area contributed by atoms with Crippen molar-refractivity contribution in [1.29, 1.82) is 0 Å². The molecular formula is C114H71NOS. The van der Waals surface area contributed by atoms with Crippen LogP contribution in [0.5, 0.6) is 0 Å². The molecule has 3 heteroatoms. The van der Waals surface area contributed by atoms with Crippen LogP contribution in [0, 0.1) is 0 Å². The molecule has 3 aromatic heterocycles. The number of hydrogen-bond donors (Lipinski definition) is 0. The van der Waals surface area contributed by atoms with Gasteiger partial charge in [0.1, 0.15) is 11.2 Å². The van der Waals surface area contributed by atoms with Gasteiger partial charge in [-0.2, -0.15) is 0 Å². The molecule has 0 amide bonds. The van der Waals surface area contributed by atoms with Gasteiger partial charge < -0.3 is 8.98 Å². The van der Waals surface area contributed by atoms with Crippen LogP contribution in [-0.4, -0.2) is 4.57 Å². The fourth-order valence-corrected chi connectivity index (χ4v) is 20.4. The van der Waals surface area contributed by atoms with Gasteiger partial charge in [0, 0.05) is 47.4 Å². The molecule has 544 valence electrons. The number of nitrogens with zero attached hydrogens (tertiary/aromatic N) is 1. The Hall–Kier alpha value is -15.0. The highest BCUT2D eigenvalue weighted by atomic mass is 32.1. The summed E-state index contributed by atoms with van der Waals surface area (Å²) in [6.45, 7) is 0. The number of furan rings is 1. The van der Waals surface area contributed by atoms with E-state index in [4.69, 9.17) is 4.42 Å². The molecule has 0 bridgehead atoms. The minimum atomic E-state index is 0.922. The molecule has 0 saturated heterocycles. The lowest BCUT2D eigenvalue weighted by molar-refractivity contribution is 0.669. The summed E-state index contributed by atoms with van der Waals surface area (Å²) in [5.41, 5.74) is 20.7. The van der Waals surface area contributed by atoms with E-state index in [0.717, 1.165) is 16.6 Å². The molecule has 0 aliphatic heterocycles. The minimum absolute atomic E-state index is 0.922. The highest BCUT2D eigenvalue weighted by Gasteiger charge is 2.26. The first-order chi connectivity index (χ1) is 58.1. The summed E-state index contributed by atoms with van der Waals surface area (Å²) >= 11 is 1.88. The summed E-state index contributed by atoms with van der Waals surface area (Å²) in [5.74, 6) is 0. The van der Waals surface area contributed by atoms with E-state index in [1.54, 1.807) is 0 Å². The monoisotopic (exact) mass is 1500 g/mol. The van der Waals surface area contributed by atoms with Gasteiger partial charge in [0.2, 0.25) is 0 Å². The van der Waals surface area contributed by atoms with Crippen molar-refractivity contribution in [3.05, 3.63) is 431 Å². The summed E-state index contributed by atoms with van der Waals surface area (Å²) < 4.78 is 11.4. The fourth-order valence-electron chi connectivity index (χ4n) is 19.3. The lowest BCUT2D eigenvalue weighted by Crippen LogP contribution is -1.93. The number of aromatic nitrogens is 1. The average Bonchev–Trinajstić information content (AvgIpc) is 1.71. The molecule has 0 atom stereocenters. The van der Waals surface area contributed by atoms with Gasteiger partial charge in [-0.05, 0) is 230 Å². The molecule has 25 rings (SSSR count). The van der Waals surface area contributed by atoms with Crippen LogP contribution in [0.4, 0.5) is 0 Å². The van der Waals surface area contributed by atoms with Crippen molar-refractivity contribution in [3.63, 3.8) is 0 Å². The zero-order chi connectivity index (χ0) is 77.0. The highest BCUT2D eigenvalue weighted by Crippen LogP contribution is 2.52. The second-order valence-corrected chi connectivity index (χ2v) is 31.7. The summed E-state index contributed by atoms with van der Waals surface area (Å²) in [4.78, 5) is 0. The van der Waals surface area contributed by atoms with Crippen LogP contribution >= 0.6 is 11.3 Å². The number of thiophene rings is 1. The summed E-state index contributed by atoms with van der Waals surface area (Å²) in [5, 5.41) is 30.5. The van der Waals surface area contributed by atoms with E-state index >= 15 is 0 Å². The predicted molar refractivity (Wildman–Crippen MR) is 504 cm³/mol. The SMILES string of the molecule is c1ccc(-n2c3ccccc3c3c(-c4c5ccccc5c(-c5ccc6ccccc6c5)c5ccccc45)cccc32)cc1.c1ccc2cc(-c3c4ccccc4c(-c4cccc5oc6ccccc6c45)c4ccccc34)ccc2c1.c1ccc2cc(-c3c4ccccc4c(-c4cccc5sc6ccccc6c45)c4ccccc34)ccc2c1. The van der Waals surface area contributed by atoms with Crippen molar-refractivity contribution in [2.45, 2.75) is 0 Å². The van der Waals surface area contributed by atoms with Crippen molar-refractivity contribution < 1.29 is 4.42 Å². The van der Waals surface area contributed by atoms with Gasteiger partial charge in [-0.1, -0.05) is 364 Å². The van der Waals surface area contributed by atoms with Gasteiger partial charge in [-0.25, -0.2) is 0 Å². The smallest absolute Gasteiger partial charge is 0.136 e. The number of hydrogen-bond acceptors (Lipinski definition) is 2. The van der Waals surface area contributed by atoms with E-state index in [2.05, 4.69) is 429 Å².